The lowest BCUT2D eigenvalue weighted by molar-refractivity contribution is -0.186. The summed E-state index contributed by atoms with van der Waals surface area (Å²) >= 11 is 0. The van der Waals surface area contributed by atoms with Gasteiger partial charge in [0.15, 0.2) is 0 Å². The topological polar surface area (TPSA) is 66.9 Å². The number of ether oxygens (including phenoxy) is 1. The molecule has 27 heavy (non-hydrogen) atoms. The zero-order valence-electron chi connectivity index (χ0n) is 15.3. The van der Waals surface area contributed by atoms with Gasteiger partial charge in [-0.05, 0) is 36.1 Å². The maximum atomic E-state index is 12.9. The van der Waals surface area contributed by atoms with Crippen LogP contribution in [0.2, 0.25) is 0 Å². The number of halogens is 3. The lowest BCUT2D eigenvalue weighted by atomic mass is 10.00. The van der Waals surface area contributed by atoms with Crippen LogP contribution in [-0.2, 0) is 32.5 Å². The van der Waals surface area contributed by atoms with E-state index in [1.807, 2.05) is 6.92 Å². The first kappa shape index (κ1) is 21.6. The summed E-state index contributed by atoms with van der Waals surface area (Å²) in [4.78, 5) is 12.2. The predicted molar refractivity (Wildman–Crippen MR) is 92.5 cm³/mol. The fourth-order valence-corrected chi connectivity index (χ4v) is 4.56. The van der Waals surface area contributed by atoms with Gasteiger partial charge in [0.2, 0.25) is 10.0 Å². The number of sulfonamides is 1. The Bertz CT molecular complexity index is 781. The van der Waals surface area contributed by atoms with Crippen LogP contribution in [0.25, 0.3) is 0 Å². The number of nitrogens with zero attached hydrogens (tertiary/aromatic N) is 2. The molecule has 1 aromatic rings. The van der Waals surface area contributed by atoms with E-state index in [1.54, 1.807) is 6.07 Å². The summed E-state index contributed by atoms with van der Waals surface area (Å²) < 4.78 is 70.1. The number of carbonyl (C=O) groups excluding carboxylic acids is 1. The van der Waals surface area contributed by atoms with E-state index in [2.05, 4.69) is 0 Å². The molecule has 1 amide bonds. The number of rotatable bonds is 7. The van der Waals surface area contributed by atoms with Crippen LogP contribution < -0.4 is 0 Å². The van der Waals surface area contributed by atoms with Gasteiger partial charge in [0, 0.05) is 33.3 Å². The maximum absolute atomic E-state index is 12.9. The SMILES string of the molecule is CCCN(CCOC)S(=O)(=O)c1ccc2c(c1)CN(C(=O)C(F)(F)F)CC2. The molecule has 0 aromatic heterocycles. The highest BCUT2D eigenvalue weighted by molar-refractivity contribution is 7.89. The second kappa shape index (κ2) is 8.57. The Kier molecular flexibility index (Phi) is 6.87. The molecular formula is C17H23F3N2O4S. The molecule has 0 spiro atoms. The first-order valence-electron chi connectivity index (χ1n) is 8.58. The van der Waals surface area contributed by atoms with E-state index in [-0.39, 0.29) is 37.6 Å². The molecule has 0 fully saturated rings. The van der Waals surface area contributed by atoms with Gasteiger partial charge in [-0.15, -0.1) is 0 Å². The van der Waals surface area contributed by atoms with Crippen molar-refractivity contribution in [1.82, 2.24) is 9.21 Å². The molecule has 1 aliphatic heterocycles. The van der Waals surface area contributed by atoms with Crippen molar-refractivity contribution in [2.75, 3.05) is 33.4 Å². The molecule has 152 valence electrons. The van der Waals surface area contributed by atoms with E-state index in [0.717, 1.165) is 5.56 Å². The Balaban J connectivity index is 2.30. The van der Waals surface area contributed by atoms with Crippen LogP contribution in [0.4, 0.5) is 13.2 Å². The summed E-state index contributed by atoms with van der Waals surface area (Å²) in [6.45, 7) is 2.26. The minimum Gasteiger partial charge on any atom is -0.383 e. The molecule has 1 heterocycles. The predicted octanol–water partition coefficient (Wildman–Crippen LogP) is 2.18. The van der Waals surface area contributed by atoms with Gasteiger partial charge in [-0.2, -0.15) is 17.5 Å². The highest BCUT2D eigenvalue weighted by Gasteiger charge is 2.43. The summed E-state index contributed by atoms with van der Waals surface area (Å²) in [5.41, 5.74) is 1.17. The summed E-state index contributed by atoms with van der Waals surface area (Å²) in [7, 11) is -2.33. The quantitative estimate of drug-likeness (QED) is 0.694. The van der Waals surface area contributed by atoms with Crippen molar-refractivity contribution >= 4 is 15.9 Å². The fraction of sp³-hybridized carbons (Fsp3) is 0.588. The molecule has 10 heteroatoms. The van der Waals surface area contributed by atoms with Gasteiger partial charge in [0.25, 0.3) is 0 Å². The van der Waals surface area contributed by atoms with E-state index >= 15 is 0 Å². The Morgan fingerprint density at radius 1 is 1.26 bits per heavy atom. The molecule has 0 bridgehead atoms. The Morgan fingerprint density at radius 2 is 1.96 bits per heavy atom. The summed E-state index contributed by atoms with van der Waals surface area (Å²) in [6, 6.07) is 4.44. The fourth-order valence-electron chi connectivity index (χ4n) is 2.99. The first-order chi connectivity index (χ1) is 12.6. The van der Waals surface area contributed by atoms with Gasteiger partial charge in [0.1, 0.15) is 0 Å². The number of hydrogen-bond donors (Lipinski definition) is 0. The van der Waals surface area contributed by atoms with Gasteiger partial charge in [-0.1, -0.05) is 13.0 Å². The van der Waals surface area contributed by atoms with E-state index in [4.69, 9.17) is 4.74 Å². The summed E-state index contributed by atoms with van der Waals surface area (Å²) in [5, 5.41) is 0. The largest absolute Gasteiger partial charge is 0.471 e. The number of benzene rings is 1. The van der Waals surface area contributed by atoms with Gasteiger partial charge >= 0.3 is 12.1 Å². The lowest BCUT2D eigenvalue weighted by Crippen LogP contribution is -2.43. The van der Waals surface area contributed by atoms with Crippen LogP contribution in [0.5, 0.6) is 0 Å². The standard InChI is InChI=1S/C17H23F3N2O4S/c1-3-7-22(9-10-26-2)27(24,25)15-5-4-13-6-8-21(12-14(13)11-15)16(23)17(18,19)20/h4-5,11H,3,6-10,12H2,1-2H3. The molecule has 0 saturated heterocycles. The normalized spacial score (nSPS) is 15.1. The molecule has 0 aliphatic carbocycles. The number of amides is 1. The molecule has 6 nitrogen and oxygen atoms in total. The monoisotopic (exact) mass is 408 g/mol. The van der Waals surface area contributed by atoms with Crippen LogP contribution >= 0.6 is 0 Å². The Morgan fingerprint density at radius 3 is 2.56 bits per heavy atom. The molecule has 0 unspecified atom stereocenters. The van der Waals surface area contributed by atoms with Gasteiger partial charge in [-0.25, -0.2) is 8.42 Å². The second-order valence-electron chi connectivity index (χ2n) is 6.30. The smallest absolute Gasteiger partial charge is 0.383 e. The zero-order valence-corrected chi connectivity index (χ0v) is 16.1. The van der Waals surface area contributed by atoms with E-state index in [1.165, 1.54) is 23.5 Å². The minimum absolute atomic E-state index is 0.00658. The summed E-state index contributed by atoms with van der Waals surface area (Å²) in [5.74, 6) is -1.91. The molecule has 2 rings (SSSR count). The maximum Gasteiger partial charge on any atom is 0.471 e. The first-order valence-corrected chi connectivity index (χ1v) is 10.0. The Hall–Kier alpha value is -1.65. The minimum atomic E-state index is -4.95. The molecule has 0 N–H and O–H groups in total. The highest BCUT2D eigenvalue weighted by atomic mass is 32.2. The molecule has 0 saturated carbocycles. The molecule has 0 atom stereocenters. The number of carbonyl (C=O) groups is 1. The Labute approximate surface area is 156 Å². The third-order valence-corrected chi connectivity index (χ3v) is 6.27. The van der Waals surface area contributed by atoms with Crippen LogP contribution in [0.15, 0.2) is 23.1 Å². The van der Waals surface area contributed by atoms with Crippen molar-refractivity contribution < 1.29 is 31.1 Å². The van der Waals surface area contributed by atoms with Crippen molar-refractivity contribution in [1.29, 1.82) is 0 Å². The third-order valence-electron chi connectivity index (χ3n) is 4.38. The number of fused-ring (bicyclic) bond motifs is 1. The van der Waals surface area contributed by atoms with Crippen molar-refractivity contribution in [2.24, 2.45) is 0 Å². The van der Waals surface area contributed by atoms with Crippen molar-refractivity contribution in [2.45, 2.75) is 37.4 Å². The van der Waals surface area contributed by atoms with E-state index in [9.17, 15) is 26.4 Å². The average molecular weight is 408 g/mol. The van der Waals surface area contributed by atoms with Crippen LogP contribution in [0.3, 0.4) is 0 Å². The molecule has 1 aliphatic rings. The van der Waals surface area contributed by atoms with Gasteiger partial charge < -0.3 is 9.64 Å². The number of alkyl halides is 3. The highest BCUT2D eigenvalue weighted by Crippen LogP contribution is 2.27. The number of methoxy groups -OCH3 is 1. The molecule has 1 aromatic carbocycles. The van der Waals surface area contributed by atoms with Crippen molar-refractivity contribution in [3.63, 3.8) is 0 Å². The van der Waals surface area contributed by atoms with Crippen LogP contribution in [-0.4, -0.2) is 63.1 Å². The average Bonchev–Trinajstić information content (AvgIpc) is 2.62. The van der Waals surface area contributed by atoms with E-state index < -0.39 is 22.1 Å². The third kappa shape index (κ3) is 4.99. The number of hydrogen-bond acceptors (Lipinski definition) is 4. The van der Waals surface area contributed by atoms with Gasteiger partial charge in [-0.3, -0.25) is 4.79 Å². The van der Waals surface area contributed by atoms with Crippen LogP contribution in [0.1, 0.15) is 24.5 Å². The van der Waals surface area contributed by atoms with Gasteiger partial charge in [0.05, 0.1) is 11.5 Å². The van der Waals surface area contributed by atoms with Crippen LogP contribution in [0, 0.1) is 0 Å². The molecular weight excluding hydrogens is 385 g/mol. The van der Waals surface area contributed by atoms with Crippen molar-refractivity contribution in [3.05, 3.63) is 29.3 Å². The molecule has 0 radical (unpaired) electrons. The van der Waals surface area contributed by atoms with E-state index in [0.29, 0.717) is 23.4 Å². The summed E-state index contributed by atoms with van der Waals surface area (Å²) in [6.07, 6.45) is -4.08. The van der Waals surface area contributed by atoms with Crippen molar-refractivity contribution in [3.8, 4) is 0 Å². The second-order valence-corrected chi connectivity index (χ2v) is 8.24. The zero-order chi connectivity index (χ0) is 20.2. The lowest BCUT2D eigenvalue weighted by Gasteiger charge is -2.30.